The van der Waals surface area contributed by atoms with E-state index >= 15 is 0 Å². The van der Waals surface area contributed by atoms with Crippen LogP contribution in [0, 0.1) is 11.7 Å². The highest BCUT2D eigenvalue weighted by atomic mass is 19.1. The van der Waals surface area contributed by atoms with Gasteiger partial charge in [-0.1, -0.05) is 6.07 Å². The van der Waals surface area contributed by atoms with Crippen molar-refractivity contribution in [2.45, 2.75) is 18.9 Å². The molecule has 1 aromatic heterocycles. The van der Waals surface area contributed by atoms with Gasteiger partial charge in [0, 0.05) is 44.2 Å². The Morgan fingerprint density at radius 3 is 2.74 bits per heavy atom. The molecule has 2 aliphatic heterocycles. The zero-order valence-corrected chi connectivity index (χ0v) is 15.6. The molecule has 0 amide bonds. The first-order chi connectivity index (χ1) is 13.2. The Labute approximate surface area is 158 Å². The van der Waals surface area contributed by atoms with E-state index in [1.54, 1.807) is 7.11 Å². The molecule has 0 spiro atoms. The minimum Gasteiger partial charge on any atom is -0.497 e. The first-order valence-corrected chi connectivity index (χ1v) is 9.44. The van der Waals surface area contributed by atoms with Crippen LogP contribution >= 0.6 is 0 Å². The van der Waals surface area contributed by atoms with Crippen LogP contribution in [0.5, 0.6) is 11.5 Å². The summed E-state index contributed by atoms with van der Waals surface area (Å²) in [6.45, 7) is 4.51. The van der Waals surface area contributed by atoms with E-state index < -0.39 is 5.82 Å². The van der Waals surface area contributed by atoms with Crippen LogP contribution in [0.3, 0.4) is 0 Å². The van der Waals surface area contributed by atoms with Crippen LogP contribution in [0.25, 0.3) is 0 Å². The summed E-state index contributed by atoms with van der Waals surface area (Å²) in [6.07, 6.45) is 4.75. The minimum atomic E-state index is -0.395. The third-order valence-electron chi connectivity index (χ3n) is 5.42. The summed E-state index contributed by atoms with van der Waals surface area (Å²) in [5.41, 5.74) is 0. The van der Waals surface area contributed by atoms with E-state index in [0.29, 0.717) is 17.9 Å². The zero-order valence-electron chi connectivity index (χ0n) is 15.6. The number of benzene rings is 1. The van der Waals surface area contributed by atoms with E-state index in [4.69, 9.17) is 9.47 Å². The van der Waals surface area contributed by atoms with Crippen molar-refractivity contribution in [2.24, 2.45) is 5.92 Å². The smallest absolute Gasteiger partial charge is 0.225 e. The minimum absolute atomic E-state index is 0.395. The van der Waals surface area contributed by atoms with Gasteiger partial charge in [0.1, 0.15) is 11.5 Å². The van der Waals surface area contributed by atoms with Crippen molar-refractivity contribution in [3.8, 4) is 11.5 Å². The molecule has 6 nitrogen and oxygen atoms in total. The third kappa shape index (κ3) is 4.30. The average Bonchev–Trinajstić information content (AvgIpc) is 2.72. The number of ether oxygens (including phenoxy) is 2. The Hall–Kier alpha value is -2.41. The van der Waals surface area contributed by atoms with E-state index in [1.807, 2.05) is 24.3 Å². The first kappa shape index (κ1) is 18.0. The average molecular weight is 372 g/mol. The van der Waals surface area contributed by atoms with E-state index in [-0.39, 0.29) is 0 Å². The third-order valence-corrected chi connectivity index (χ3v) is 5.42. The van der Waals surface area contributed by atoms with Crippen molar-refractivity contribution in [1.29, 1.82) is 0 Å². The lowest BCUT2D eigenvalue weighted by molar-refractivity contribution is 0.0725. The van der Waals surface area contributed by atoms with Crippen LogP contribution < -0.4 is 14.4 Å². The lowest BCUT2D eigenvalue weighted by atomic mass is 9.91. The Morgan fingerprint density at radius 2 is 1.93 bits per heavy atom. The number of piperazine rings is 1. The number of nitrogens with zero attached hydrogens (tertiary/aromatic N) is 4. The van der Waals surface area contributed by atoms with Crippen molar-refractivity contribution >= 4 is 5.95 Å². The molecule has 27 heavy (non-hydrogen) atoms. The van der Waals surface area contributed by atoms with Gasteiger partial charge in [0.05, 0.1) is 26.1 Å². The normalized spacial score (nSPS) is 23.0. The highest BCUT2D eigenvalue weighted by Gasteiger charge is 2.33. The fourth-order valence-electron chi connectivity index (χ4n) is 3.95. The number of aromatic nitrogens is 2. The number of piperidine rings is 1. The second kappa shape index (κ2) is 8.08. The highest BCUT2D eigenvalue weighted by Crippen LogP contribution is 2.27. The zero-order chi connectivity index (χ0) is 18.6. The summed E-state index contributed by atoms with van der Waals surface area (Å²) in [7, 11) is 1.66. The first-order valence-electron chi connectivity index (χ1n) is 9.44. The molecule has 0 N–H and O–H groups in total. The van der Waals surface area contributed by atoms with Gasteiger partial charge in [-0.3, -0.25) is 4.90 Å². The summed E-state index contributed by atoms with van der Waals surface area (Å²) >= 11 is 0. The number of methoxy groups -OCH3 is 1. The van der Waals surface area contributed by atoms with Gasteiger partial charge in [0.25, 0.3) is 0 Å². The van der Waals surface area contributed by atoms with Gasteiger partial charge in [-0.25, -0.2) is 14.4 Å². The standard InChI is InChI=1S/C20H25FN4O2/c1-26-18-3-2-4-19(9-18)27-14-15-5-6-17-13-25(8-7-24(17)12-15)20-22-10-16(21)11-23-20/h2-4,9-11,15,17H,5-8,12-14H2,1H3/t15-,17-/m0/s1. The van der Waals surface area contributed by atoms with Crippen molar-refractivity contribution in [2.75, 3.05) is 44.8 Å². The Kier molecular flexibility index (Phi) is 5.38. The topological polar surface area (TPSA) is 50.7 Å². The van der Waals surface area contributed by atoms with E-state index in [0.717, 1.165) is 57.1 Å². The van der Waals surface area contributed by atoms with Gasteiger partial charge < -0.3 is 14.4 Å². The molecule has 4 rings (SSSR count). The van der Waals surface area contributed by atoms with Crippen LogP contribution in [-0.4, -0.2) is 60.8 Å². The van der Waals surface area contributed by atoms with E-state index in [1.165, 1.54) is 12.4 Å². The Balaban J connectivity index is 1.29. The quantitative estimate of drug-likeness (QED) is 0.804. The van der Waals surface area contributed by atoms with Gasteiger partial charge in [-0.05, 0) is 25.0 Å². The second-order valence-electron chi connectivity index (χ2n) is 7.23. The molecule has 2 aliphatic rings. The molecule has 2 atom stereocenters. The van der Waals surface area contributed by atoms with E-state index in [9.17, 15) is 4.39 Å². The van der Waals surface area contributed by atoms with Crippen molar-refractivity contribution < 1.29 is 13.9 Å². The molecular formula is C20H25FN4O2. The number of rotatable bonds is 5. The summed E-state index contributed by atoms with van der Waals surface area (Å²) in [5.74, 6) is 2.43. The van der Waals surface area contributed by atoms with Crippen molar-refractivity contribution in [3.05, 3.63) is 42.5 Å². The molecule has 2 aromatic rings. The SMILES string of the molecule is COc1cccc(OC[C@H]2CC[C@H]3CN(c4ncc(F)cn4)CCN3C2)c1. The number of halogens is 1. The number of fused-ring (bicyclic) bond motifs is 1. The van der Waals surface area contributed by atoms with Crippen LogP contribution in [-0.2, 0) is 0 Å². The molecular weight excluding hydrogens is 347 g/mol. The summed E-state index contributed by atoms with van der Waals surface area (Å²) in [4.78, 5) is 13.0. The fourth-order valence-corrected chi connectivity index (χ4v) is 3.95. The number of anilines is 1. The second-order valence-corrected chi connectivity index (χ2v) is 7.23. The van der Waals surface area contributed by atoms with Gasteiger partial charge in [-0.2, -0.15) is 0 Å². The highest BCUT2D eigenvalue weighted by molar-refractivity contribution is 5.33. The molecule has 0 aliphatic carbocycles. The van der Waals surface area contributed by atoms with Crippen molar-refractivity contribution in [1.82, 2.24) is 14.9 Å². The molecule has 3 heterocycles. The predicted molar refractivity (Wildman–Crippen MR) is 101 cm³/mol. The maximum absolute atomic E-state index is 13.0. The predicted octanol–water partition coefficient (Wildman–Crippen LogP) is 2.60. The molecule has 0 radical (unpaired) electrons. The fraction of sp³-hybridized carbons (Fsp3) is 0.500. The maximum Gasteiger partial charge on any atom is 0.225 e. The largest absolute Gasteiger partial charge is 0.497 e. The Bertz CT molecular complexity index is 758. The molecule has 144 valence electrons. The van der Waals surface area contributed by atoms with E-state index in [2.05, 4.69) is 19.8 Å². The van der Waals surface area contributed by atoms with Crippen LogP contribution in [0.4, 0.5) is 10.3 Å². The van der Waals surface area contributed by atoms with Gasteiger partial charge >= 0.3 is 0 Å². The molecule has 0 saturated carbocycles. The lowest BCUT2D eigenvalue weighted by Crippen LogP contribution is -2.57. The van der Waals surface area contributed by atoms with Crippen LogP contribution in [0.15, 0.2) is 36.7 Å². The molecule has 2 saturated heterocycles. The Morgan fingerprint density at radius 1 is 1.11 bits per heavy atom. The van der Waals surface area contributed by atoms with Crippen LogP contribution in [0.2, 0.25) is 0 Å². The molecule has 7 heteroatoms. The van der Waals surface area contributed by atoms with Gasteiger partial charge in [0.15, 0.2) is 5.82 Å². The monoisotopic (exact) mass is 372 g/mol. The molecule has 1 aromatic carbocycles. The summed E-state index contributed by atoms with van der Waals surface area (Å²) in [5, 5.41) is 0. The molecule has 0 unspecified atom stereocenters. The van der Waals surface area contributed by atoms with Gasteiger partial charge in [-0.15, -0.1) is 0 Å². The molecule has 2 fully saturated rings. The van der Waals surface area contributed by atoms with Crippen LogP contribution in [0.1, 0.15) is 12.8 Å². The number of hydrogen-bond acceptors (Lipinski definition) is 6. The lowest BCUT2D eigenvalue weighted by Gasteiger charge is -2.46. The summed E-state index contributed by atoms with van der Waals surface area (Å²) < 4.78 is 24.3. The van der Waals surface area contributed by atoms with Gasteiger partial charge in [0.2, 0.25) is 5.95 Å². The van der Waals surface area contributed by atoms with Crippen molar-refractivity contribution in [3.63, 3.8) is 0 Å². The molecule has 0 bridgehead atoms. The maximum atomic E-state index is 13.0. The summed E-state index contributed by atoms with van der Waals surface area (Å²) in [6, 6.07) is 8.26. The number of hydrogen-bond donors (Lipinski definition) is 0.